The SMILES string of the molecule is NCc1cccc(CNC(=O)C2N(C(=O)c3cccc(F)c3)CCN2C(=O)c2ccc3c(c2)OCO3)c1. The average Bonchev–Trinajstić information content (AvgIpc) is 3.58. The third kappa shape index (κ3) is 4.96. The van der Waals surface area contributed by atoms with Crippen LogP contribution in [-0.2, 0) is 17.9 Å². The van der Waals surface area contributed by atoms with Crippen LogP contribution in [0.15, 0.2) is 66.7 Å². The molecule has 5 rings (SSSR count). The molecule has 190 valence electrons. The molecule has 0 bridgehead atoms. The number of benzene rings is 3. The molecule has 37 heavy (non-hydrogen) atoms. The summed E-state index contributed by atoms with van der Waals surface area (Å²) < 4.78 is 24.5. The molecule has 0 radical (unpaired) electrons. The van der Waals surface area contributed by atoms with E-state index < -0.39 is 29.7 Å². The van der Waals surface area contributed by atoms with Crippen molar-refractivity contribution in [1.29, 1.82) is 0 Å². The number of halogens is 1. The molecule has 3 N–H and O–H groups in total. The van der Waals surface area contributed by atoms with E-state index in [4.69, 9.17) is 15.2 Å². The molecule has 9 nitrogen and oxygen atoms in total. The molecule has 0 aliphatic carbocycles. The number of carbonyl (C=O) groups excluding carboxylic acids is 3. The summed E-state index contributed by atoms with van der Waals surface area (Å²) in [6, 6.07) is 17.4. The first-order valence-electron chi connectivity index (χ1n) is 11.8. The molecule has 2 heterocycles. The van der Waals surface area contributed by atoms with Crippen LogP contribution in [0.5, 0.6) is 11.5 Å². The molecule has 1 saturated heterocycles. The lowest BCUT2D eigenvalue weighted by Crippen LogP contribution is -2.53. The number of hydrogen-bond acceptors (Lipinski definition) is 6. The van der Waals surface area contributed by atoms with Crippen molar-refractivity contribution in [2.24, 2.45) is 5.73 Å². The topological polar surface area (TPSA) is 114 Å². The van der Waals surface area contributed by atoms with Crippen LogP contribution in [0.1, 0.15) is 31.8 Å². The fraction of sp³-hybridized carbons (Fsp3) is 0.222. The maximum atomic E-state index is 13.8. The van der Waals surface area contributed by atoms with Crippen molar-refractivity contribution in [3.05, 3.63) is 94.8 Å². The molecule has 10 heteroatoms. The number of amides is 3. The van der Waals surface area contributed by atoms with Gasteiger partial charge in [0, 0.05) is 37.3 Å². The van der Waals surface area contributed by atoms with E-state index in [1.54, 1.807) is 18.2 Å². The Morgan fingerprint density at radius 2 is 1.54 bits per heavy atom. The summed E-state index contributed by atoms with van der Waals surface area (Å²) in [5.74, 6) is -1.15. The van der Waals surface area contributed by atoms with Gasteiger partial charge in [-0.1, -0.05) is 30.3 Å². The Kier molecular flexibility index (Phi) is 6.74. The molecular formula is C27H25FN4O5. The first-order valence-corrected chi connectivity index (χ1v) is 11.8. The van der Waals surface area contributed by atoms with Crippen LogP contribution in [0.25, 0.3) is 0 Å². The van der Waals surface area contributed by atoms with E-state index in [1.165, 1.54) is 28.0 Å². The Morgan fingerprint density at radius 3 is 2.27 bits per heavy atom. The van der Waals surface area contributed by atoms with Crippen molar-refractivity contribution in [1.82, 2.24) is 15.1 Å². The van der Waals surface area contributed by atoms with Gasteiger partial charge >= 0.3 is 0 Å². The van der Waals surface area contributed by atoms with Gasteiger partial charge in [0.2, 0.25) is 6.79 Å². The van der Waals surface area contributed by atoms with Crippen LogP contribution in [0.2, 0.25) is 0 Å². The van der Waals surface area contributed by atoms with E-state index in [0.717, 1.165) is 17.2 Å². The van der Waals surface area contributed by atoms with E-state index in [-0.39, 0.29) is 37.6 Å². The number of ether oxygens (including phenoxy) is 2. The molecule has 3 amide bonds. The molecule has 0 aromatic heterocycles. The number of nitrogens with one attached hydrogen (secondary N) is 1. The predicted octanol–water partition coefficient (Wildman–Crippen LogP) is 2.25. The van der Waals surface area contributed by atoms with Crippen molar-refractivity contribution in [3.8, 4) is 11.5 Å². The van der Waals surface area contributed by atoms with Gasteiger partial charge in [0.1, 0.15) is 5.82 Å². The van der Waals surface area contributed by atoms with Gasteiger partial charge in [0.15, 0.2) is 17.7 Å². The minimum absolute atomic E-state index is 0.0585. The first-order chi connectivity index (χ1) is 17.9. The minimum Gasteiger partial charge on any atom is -0.454 e. The van der Waals surface area contributed by atoms with Gasteiger partial charge in [-0.3, -0.25) is 14.4 Å². The highest BCUT2D eigenvalue weighted by atomic mass is 19.1. The van der Waals surface area contributed by atoms with E-state index in [2.05, 4.69) is 5.32 Å². The molecule has 0 spiro atoms. The summed E-state index contributed by atoms with van der Waals surface area (Å²) in [5, 5.41) is 2.83. The second-order valence-electron chi connectivity index (χ2n) is 8.69. The van der Waals surface area contributed by atoms with Crippen LogP contribution in [-0.4, -0.2) is 53.6 Å². The van der Waals surface area contributed by atoms with Gasteiger partial charge in [0.05, 0.1) is 0 Å². The maximum absolute atomic E-state index is 13.8. The van der Waals surface area contributed by atoms with Gasteiger partial charge in [-0.2, -0.15) is 0 Å². The van der Waals surface area contributed by atoms with Crippen molar-refractivity contribution in [2.75, 3.05) is 19.9 Å². The Balaban J connectivity index is 1.42. The molecule has 3 aromatic carbocycles. The fourth-order valence-corrected chi connectivity index (χ4v) is 4.47. The molecular weight excluding hydrogens is 479 g/mol. The lowest BCUT2D eigenvalue weighted by Gasteiger charge is -2.29. The molecule has 2 aliphatic rings. The number of carbonyl (C=O) groups is 3. The molecule has 1 unspecified atom stereocenters. The summed E-state index contributed by atoms with van der Waals surface area (Å²) in [6.07, 6.45) is -1.23. The minimum atomic E-state index is -1.23. The van der Waals surface area contributed by atoms with Crippen LogP contribution < -0.4 is 20.5 Å². The number of fused-ring (bicyclic) bond motifs is 1. The molecule has 3 aromatic rings. The summed E-state index contributed by atoms with van der Waals surface area (Å²) in [5.41, 5.74) is 7.83. The van der Waals surface area contributed by atoms with Crippen LogP contribution in [0.4, 0.5) is 4.39 Å². The van der Waals surface area contributed by atoms with Gasteiger partial charge in [0.25, 0.3) is 17.7 Å². The smallest absolute Gasteiger partial charge is 0.264 e. The second-order valence-corrected chi connectivity index (χ2v) is 8.69. The van der Waals surface area contributed by atoms with Crippen LogP contribution in [0, 0.1) is 5.82 Å². The Hall–Kier alpha value is -4.44. The van der Waals surface area contributed by atoms with E-state index in [1.807, 2.05) is 24.3 Å². The summed E-state index contributed by atoms with van der Waals surface area (Å²) in [7, 11) is 0. The number of nitrogens with two attached hydrogens (primary N) is 1. The number of rotatable bonds is 6. The van der Waals surface area contributed by atoms with Crippen LogP contribution in [0.3, 0.4) is 0 Å². The van der Waals surface area contributed by atoms with Crippen molar-refractivity contribution in [2.45, 2.75) is 19.3 Å². The zero-order chi connectivity index (χ0) is 25.9. The molecule has 1 fully saturated rings. The van der Waals surface area contributed by atoms with Gasteiger partial charge in [-0.15, -0.1) is 0 Å². The molecule has 2 aliphatic heterocycles. The van der Waals surface area contributed by atoms with Crippen LogP contribution >= 0.6 is 0 Å². The summed E-state index contributed by atoms with van der Waals surface area (Å²) in [4.78, 5) is 42.9. The number of nitrogens with zero attached hydrogens (tertiary/aromatic N) is 2. The van der Waals surface area contributed by atoms with E-state index in [0.29, 0.717) is 18.0 Å². The van der Waals surface area contributed by atoms with Gasteiger partial charge in [-0.05, 0) is 47.5 Å². The number of hydrogen-bond donors (Lipinski definition) is 2. The second kappa shape index (κ2) is 10.3. The molecule has 0 saturated carbocycles. The third-order valence-corrected chi connectivity index (χ3v) is 6.31. The first kappa shape index (κ1) is 24.3. The van der Waals surface area contributed by atoms with E-state index in [9.17, 15) is 18.8 Å². The fourth-order valence-electron chi connectivity index (χ4n) is 4.47. The Labute approximate surface area is 212 Å². The normalized spacial score (nSPS) is 16.1. The lowest BCUT2D eigenvalue weighted by atomic mass is 10.1. The average molecular weight is 505 g/mol. The quantitative estimate of drug-likeness (QED) is 0.532. The largest absolute Gasteiger partial charge is 0.454 e. The van der Waals surface area contributed by atoms with Crippen molar-refractivity contribution >= 4 is 17.7 Å². The van der Waals surface area contributed by atoms with Crippen molar-refractivity contribution < 1.29 is 28.2 Å². The van der Waals surface area contributed by atoms with E-state index >= 15 is 0 Å². The Morgan fingerprint density at radius 1 is 0.865 bits per heavy atom. The Bertz CT molecular complexity index is 1360. The lowest BCUT2D eigenvalue weighted by molar-refractivity contribution is -0.128. The van der Waals surface area contributed by atoms with Gasteiger partial charge < -0.3 is 30.3 Å². The highest BCUT2D eigenvalue weighted by molar-refractivity contribution is 6.02. The zero-order valence-electron chi connectivity index (χ0n) is 19.9. The monoisotopic (exact) mass is 504 g/mol. The third-order valence-electron chi connectivity index (χ3n) is 6.31. The zero-order valence-corrected chi connectivity index (χ0v) is 19.9. The summed E-state index contributed by atoms with van der Waals surface area (Å²) >= 11 is 0. The van der Waals surface area contributed by atoms with Crippen molar-refractivity contribution in [3.63, 3.8) is 0 Å². The van der Waals surface area contributed by atoms with Gasteiger partial charge in [-0.25, -0.2) is 4.39 Å². The maximum Gasteiger partial charge on any atom is 0.264 e. The highest BCUT2D eigenvalue weighted by Gasteiger charge is 2.43. The standard InChI is InChI=1S/C27H25FN4O5/c28-21-6-2-5-19(12-21)26(34)31-9-10-32(27(35)20-7-8-22-23(13-20)37-16-36-22)25(31)24(33)30-15-18-4-1-3-17(11-18)14-29/h1-8,11-13,25H,9-10,14-16,29H2,(H,30,33). The summed E-state index contributed by atoms with van der Waals surface area (Å²) in [6.45, 7) is 0.819. The molecule has 1 atom stereocenters. The highest BCUT2D eigenvalue weighted by Crippen LogP contribution is 2.33. The predicted molar refractivity (Wildman–Crippen MR) is 131 cm³/mol.